The van der Waals surface area contributed by atoms with Crippen molar-refractivity contribution >= 4 is 17.8 Å². The molecular weight excluding hydrogens is 294 g/mol. The summed E-state index contributed by atoms with van der Waals surface area (Å²) in [4.78, 5) is 40.1. The minimum atomic E-state index is -0.738. The largest absolute Gasteiger partial charge is 0.335 e. The van der Waals surface area contributed by atoms with E-state index in [0.717, 1.165) is 35.5 Å². The summed E-state index contributed by atoms with van der Waals surface area (Å²) in [6, 6.07) is 8.46. The molecule has 3 aliphatic rings. The van der Waals surface area contributed by atoms with Gasteiger partial charge in [0.1, 0.15) is 0 Å². The lowest BCUT2D eigenvalue weighted by molar-refractivity contribution is -0.143. The van der Waals surface area contributed by atoms with E-state index in [1.807, 2.05) is 12.1 Å². The van der Waals surface area contributed by atoms with Gasteiger partial charge in [0.2, 0.25) is 0 Å². The fraction of sp³-hybridized carbons (Fsp3) is 0.471. The Hall–Kier alpha value is -2.21. The minimum absolute atomic E-state index is 0.206. The second-order valence-corrected chi connectivity index (χ2v) is 6.52. The molecule has 0 spiro atoms. The van der Waals surface area contributed by atoms with Crippen LogP contribution in [0.25, 0.3) is 0 Å². The number of carbonyl (C=O) groups excluding carboxylic acids is 3. The van der Waals surface area contributed by atoms with E-state index in [-0.39, 0.29) is 12.7 Å². The molecule has 0 N–H and O–H groups in total. The Morgan fingerprint density at radius 2 is 1.83 bits per heavy atom. The van der Waals surface area contributed by atoms with E-state index < -0.39 is 17.8 Å². The first kappa shape index (κ1) is 14.4. The van der Waals surface area contributed by atoms with Gasteiger partial charge in [0.25, 0.3) is 0 Å². The Bertz CT molecular complexity index is 698. The average Bonchev–Trinajstić information content (AvgIpc) is 3.29. The van der Waals surface area contributed by atoms with Crippen LogP contribution in [-0.2, 0) is 16.0 Å². The molecule has 1 heterocycles. The van der Waals surface area contributed by atoms with Crippen molar-refractivity contribution in [2.24, 2.45) is 0 Å². The maximum Gasteiger partial charge on any atom is 0.335 e. The van der Waals surface area contributed by atoms with Gasteiger partial charge < -0.3 is 0 Å². The third-order valence-electron chi connectivity index (χ3n) is 5.07. The van der Waals surface area contributed by atoms with Gasteiger partial charge in [-0.3, -0.25) is 19.4 Å². The third kappa shape index (κ3) is 2.25. The number of likely N-dealkylation sites (N-methyl/N-ethyl adjacent to an activating group) is 1. The van der Waals surface area contributed by atoms with E-state index in [1.54, 1.807) is 0 Å². The van der Waals surface area contributed by atoms with E-state index >= 15 is 0 Å². The van der Waals surface area contributed by atoms with Crippen LogP contribution in [0.5, 0.6) is 0 Å². The molecule has 1 saturated carbocycles. The number of hydrogen-bond donors (Lipinski definition) is 0. The highest BCUT2D eigenvalue weighted by Crippen LogP contribution is 2.41. The zero-order valence-electron chi connectivity index (χ0n) is 13.1. The van der Waals surface area contributed by atoms with Gasteiger partial charge >= 0.3 is 17.8 Å². The predicted octanol–water partition coefficient (Wildman–Crippen LogP) is 1.52. The lowest BCUT2D eigenvalue weighted by Gasteiger charge is -2.32. The molecule has 120 valence electrons. The number of imide groups is 2. The van der Waals surface area contributed by atoms with Gasteiger partial charge in [-0.15, -0.1) is 0 Å². The summed E-state index contributed by atoms with van der Waals surface area (Å²) in [5.41, 5.74) is 2.63. The molecular formula is C17H19N3O3. The summed E-state index contributed by atoms with van der Waals surface area (Å²) < 4.78 is 0. The molecule has 1 saturated heterocycles. The monoisotopic (exact) mass is 313 g/mol. The second-order valence-electron chi connectivity index (χ2n) is 6.52. The molecule has 1 aromatic carbocycles. The Labute approximate surface area is 134 Å². The molecule has 6 nitrogen and oxygen atoms in total. The van der Waals surface area contributed by atoms with Crippen molar-refractivity contribution in [3.05, 3.63) is 35.4 Å². The highest BCUT2D eigenvalue weighted by molar-refractivity contribution is 6.44. The SMILES string of the molecule is CN1C(=O)C(=O)N(CN(C2CC2)C2CCc3ccccc32)C1=O. The number of nitrogens with zero attached hydrogens (tertiary/aromatic N) is 3. The summed E-state index contributed by atoms with van der Waals surface area (Å²) >= 11 is 0. The topological polar surface area (TPSA) is 60.9 Å². The number of fused-ring (bicyclic) bond motifs is 1. The normalized spacial score (nSPS) is 24.1. The molecule has 1 aromatic rings. The maximum atomic E-state index is 12.1. The van der Waals surface area contributed by atoms with Crippen LogP contribution >= 0.6 is 0 Å². The van der Waals surface area contributed by atoms with Crippen LogP contribution in [0.4, 0.5) is 4.79 Å². The Morgan fingerprint density at radius 1 is 1.09 bits per heavy atom. The number of aryl methyl sites for hydroxylation is 1. The zero-order chi connectivity index (χ0) is 16.1. The molecule has 2 aliphatic carbocycles. The first-order valence-corrected chi connectivity index (χ1v) is 8.05. The van der Waals surface area contributed by atoms with Crippen LogP contribution in [0, 0.1) is 0 Å². The van der Waals surface area contributed by atoms with E-state index in [9.17, 15) is 14.4 Å². The number of amides is 4. The lowest BCUT2D eigenvalue weighted by Crippen LogP contribution is -2.44. The van der Waals surface area contributed by atoms with Crippen molar-refractivity contribution in [2.75, 3.05) is 13.7 Å². The summed E-state index contributed by atoms with van der Waals surface area (Å²) in [7, 11) is 1.36. The first-order valence-electron chi connectivity index (χ1n) is 8.05. The quantitative estimate of drug-likeness (QED) is 0.624. The molecule has 1 atom stereocenters. The molecule has 2 fully saturated rings. The van der Waals surface area contributed by atoms with Gasteiger partial charge in [-0.25, -0.2) is 9.69 Å². The van der Waals surface area contributed by atoms with Crippen LogP contribution in [0.1, 0.15) is 36.4 Å². The van der Waals surface area contributed by atoms with Gasteiger partial charge in [-0.05, 0) is 36.8 Å². The van der Waals surface area contributed by atoms with E-state index in [1.165, 1.54) is 18.2 Å². The molecule has 1 unspecified atom stereocenters. The van der Waals surface area contributed by atoms with Crippen molar-refractivity contribution in [1.82, 2.24) is 14.7 Å². The van der Waals surface area contributed by atoms with Crippen LogP contribution in [-0.4, -0.2) is 52.3 Å². The van der Waals surface area contributed by atoms with Crippen molar-refractivity contribution in [3.63, 3.8) is 0 Å². The standard InChI is InChI=1S/C17H19N3O3/c1-18-15(21)16(22)20(17(18)23)10-19(12-7-8-12)14-9-6-11-4-2-3-5-13(11)14/h2-5,12,14H,6-10H2,1H3. The Morgan fingerprint density at radius 3 is 2.48 bits per heavy atom. The number of urea groups is 1. The summed E-state index contributed by atoms with van der Waals surface area (Å²) in [6.07, 6.45) is 4.18. The molecule has 23 heavy (non-hydrogen) atoms. The number of carbonyl (C=O) groups is 3. The Balaban J connectivity index is 1.60. The van der Waals surface area contributed by atoms with Crippen LogP contribution in [0.15, 0.2) is 24.3 Å². The molecule has 4 amide bonds. The van der Waals surface area contributed by atoms with Gasteiger partial charge in [0.15, 0.2) is 0 Å². The van der Waals surface area contributed by atoms with Crippen molar-refractivity contribution in [2.45, 2.75) is 37.8 Å². The molecule has 0 bridgehead atoms. The van der Waals surface area contributed by atoms with E-state index in [0.29, 0.717) is 6.04 Å². The van der Waals surface area contributed by atoms with Crippen LogP contribution < -0.4 is 0 Å². The number of benzene rings is 1. The van der Waals surface area contributed by atoms with Crippen LogP contribution in [0.2, 0.25) is 0 Å². The fourth-order valence-corrected chi connectivity index (χ4v) is 3.66. The second kappa shape index (κ2) is 5.16. The van der Waals surface area contributed by atoms with Crippen molar-refractivity contribution in [3.8, 4) is 0 Å². The Kier molecular flexibility index (Phi) is 3.23. The third-order valence-corrected chi connectivity index (χ3v) is 5.07. The first-order chi connectivity index (χ1) is 11.1. The maximum absolute atomic E-state index is 12.1. The highest BCUT2D eigenvalue weighted by atomic mass is 16.2. The van der Waals surface area contributed by atoms with Gasteiger partial charge in [0.05, 0.1) is 6.67 Å². The minimum Gasteiger partial charge on any atom is -0.275 e. The zero-order valence-corrected chi connectivity index (χ0v) is 13.1. The van der Waals surface area contributed by atoms with Crippen LogP contribution in [0.3, 0.4) is 0 Å². The van der Waals surface area contributed by atoms with E-state index in [4.69, 9.17) is 0 Å². The summed E-state index contributed by atoms with van der Waals surface area (Å²) in [5, 5.41) is 0. The smallest absolute Gasteiger partial charge is 0.275 e. The molecule has 4 rings (SSSR count). The molecule has 0 radical (unpaired) electrons. The highest BCUT2D eigenvalue weighted by Gasteiger charge is 2.46. The van der Waals surface area contributed by atoms with Crippen molar-refractivity contribution in [1.29, 1.82) is 0 Å². The summed E-state index contributed by atoms with van der Waals surface area (Å²) in [5.74, 6) is -1.45. The number of hydrogen-bond acceptors (Lipinski definition) is 4. The average molecular weight is 313 g/mol. The lowest BCUT2D eigenvalue weighted by atomic mass is 10.1. The predicted molar refractivity (Wildman–Crippen MR) is 82.2 cm³/mol. The fourth-order valence-electron chi connectivity index (χ4n) is 3.66. The molecule has 0 aromatic heterocycles. The van der Waals surface area contributed by atoms with Gasteiger partial charge in [-0.1, -0.05) is 24.3 Å². The van der Waals surface area contributed by atoms with Crippen molar-refractivity contribution < 1.29 is 14.4 Å². The molecule has 1 aliphatic heterocycles. The molecule has 6 heteroatoms. The summed E-state index contributed by atoms with van der Waals surface area (Å²) in [6.45, 7) is 0.206. The van der Waals surface area contributed by atoms with E-state index in [2.05, 4.69) is 17.0 Å². The van der Waals surface area contributed by atoms with Gasteiger partial charge in [-0.2, -0.15) is 0 Å². The number of rotatable bonds is 4. The van der Waals surface area contributed by atoms with Gasteiger partial charge in [0, 0.05) is 19.1 Å².